The fourth-order valence-corrected chi connectivity index (χ4v) is 3.61. The third-order valence-electron chi connectivity index (χ3n) is 5.22. The van der Waals surface area contributed by atoms with Gasteiger partial charge in [-0.05, 0) is 43.8 Å². The molecule has 1 saturated heterocycles. The van der Waals surface area contributed by atoms with Crippen molar-refractivity contribution in [3.63, 3.8) is 0 Å². The monoisotopic (exact) mass is 367 g/mol. The zero-order valence-electron chi connectivity index (χ0n) is 16.0. The van der Waals surface area contributed by atoms with E-state index in [1.54, 1.807) is 0 Å². The van der Waals surface area contributed by atoms with Crippen LogP contribution in [-0.4, -0.2) is 42.9 Å². The van der Waals surface area contributed by atoms with E-state index in [1.165, 1.54) is 0 Å². The van der Waals surface area contributed by atoms with Gasteiger partial charge in [0, 0.05) is 23.5 Å². The van der Waals surface area contributed by atoms with Gasteiger partial charge in [-0.2, -0.15) is 0 Å². The smallest absolute Gasteiger partial charge is 0.238 e. The van der Waals surface area contributed by atoms with E-state index < -0.39 is 0 Å². The number of carbonyl (C=O) groups excluding carboxylic acids is 2. The fraction of sp³-hybridized carbons (Fsp3) is 0.455. The molecule has 1 fully saturated rings. The van der Waals surface area contributed by atoms with Crippen LogP contribution in [0, 0.1) is 5.92 Å². The predicted molar refractivity (Wildman–Crippen MR) is 110 cm³/mol. The first-order valence-corrected chi connectivity index (χ1v) is 9.95. The Kier molecular flexibility index (Phi) is 6.82. The van der Waals surface area contributed by atoms with Crippen LogP contribution in [0.2, 0.25) is 0 Å². The Morgan fingerprint density at radius 2 is 1.81 bits per heavy atom. The lowest BCUT2D eigenvalue weighted by Gasteiger charge is -2.30. The van der Waals surface area contributed by atoms with Gasteiger partial charge in [-0.15, -0.1) is 0 Å². The Bertz CT molecular complexity index is 777. The van der Waals surface area contributed by atoms with Gasteiger partial charge >= 0.3 is 0 Å². The molecule has 2 N–H and O–H groups in total. The number of likely N-dealkylation sites (tertiary alicyclic amines) is 1. The van der Waals surface area contributed by atoms with Crippen LogP contribution in [0.15, 0.2) is 42.5 Å². The average molecular weight is 367 g/mol. The van der Waals surface area contributed by atoms with Crippen LogP contribution in [0.4, 0.5) is 5.69 Å². The lowest BCUT2D eigenvalue weighted by atomic mass is 9.96. The van der Waals surface area contributed by atoms with Crippen molar-refractivity contribution in [1.82, 2.24) is 10.2 Å². The first-order valence-electron chi connectivity index (χ1n) is 9.95. The summed E-state index contributed by atoms with van der Waals surface area (Å²) < 4.78 is 0. The molecule has 0 aliphatic carbocycles. The number of anilines is 1. The normalized spacial score (nSPS) is 15.6. The molecule has 0 spiro atoms. The van der Waals surface area contributed by atoms with Crippen LogP contribution < -0.4 is 10.6 Å². The van der Waals surface area contributed by atoms with Gasteiger partial charge in [-0.25, -0.2) is 0 Å². The maximum atomic E-state index is 12.5. The molecule has 1 aliphatic rings. The molecule has 2 amide bonds. The summed E-state index contributed by atoms with van der Waals surface area (Å²) in [6, 6.07) is 14.0. The largest absolute Gasteiger partial charge is 0.356 e. The Morgan fingerprint density at radius 3 is 2.59 bits per heavy atom. The van der Waals surface area contributed by atoms with Gasteiger partial charge in [0.25, 0.3) is 0 Å². The zero-order valence-corrected chi connectivity index (χ0v) is 16.0. The van der Waals surface area contributed by atoms with Gasteiger partial charge in [0.1, 0.15) is 0 Å². The standard InChI is InChI=1S/C22H29N3O2/c1-2-3-13-23-22(27)18-11-14-25(15-12-18)16-21(26)24-20-10-6-8-17-7-4-5-9-19(17)20/h4-10,18H,2-3,11-16H2,1H3,(H,23,27)(H,24,26). The quantitative estimate of drug-likeness (QED) is 0.737. The van der Waals surface area contributed by atoms with E-state index in [4.69, 9.17) is 0 Å². The molecular weight excluding hydrogens is 338 g/mol. The topological polar surface area (TPSA) is 61.4 Å². The fourth-order valence-electron chi connectivity index (χ4n) is 3.61. The first-order chi connectivity index (χ1) is 13.2. The Morgan fingerprint density at radius 1 is 1.07 bits per heavy atom. The third kappa shape index (κ3) is 5.30. The van der Waals surface area contributed by atoms with Crippen LogP contribution in [0.25, 0.3) is 10.8 Å². The van der Waals surface area contributed by atoms with Crippen LogP contribution in [-0.2, 0) is 9.59 Å². The molecule has 27 heavy (non-hydrogen) atoms. The van der Waals surface area contributed by atoms with Crippen LogP contribution in [0.3, 0.4) is 0 Å². The molecule has 0 aromatic heterocycles. The number of benzene rings is 2. The summed E-state index contributed by atoms with van der Waals surface area (Å²) in [5.74, 6) is 0.250. The summed E-state index contributed by atoms with van der Waals surface area (Å²) in [5, 5.41) is 8.23. The number of carbonyl (C=O) groups is 2. The highest BCUT2D eigenvalue weighted by Gasteiger charge is 2.25. The number of hydrogen-bond donors (Lipinski definition) is 2. The third-order valence-corrected chi connectivity index (χ3v) is 5.22. The second-order valence-electron chi connectivity index (χ2n) is 7.27. The molecule has 144 valence electrons. The number of hydrogen-bond acceptors (Lipinski definition) is 3. The molecule has 0 bridgehead atoms. The number of piperidine rings is 1. The molecule has 2 aromatic carbocycles. The van der Waals surface area contributed by atoms with Gasteiger partial charge in [0.05, 0.1) is 6.54 Å². The second-order valence-corrected chi connectivity index (χ2v) is 7.27. The summed E-state index contributed by atoms with van der Waals surface area (Å²) in [4.78, 5) is 26.8. The van der Waals surface area contributed by atoms with Crippen molar-refractivity contribution >= 4 is 28.3 Å². The molecule has 1 aliphatic heterocycles. The van der Waals surface area contributed by atoms with Crippen molar-refractivity contribution < 1.29 is 9.59 Å². The zero-order chi connectivity index (χ0) is 19.1. The highest BCUT2D eigenvalue weighted by molar-refractivity contribution is 6.02. The highest BCUT2D eigenvalue weighted by Crippen LogP contribution is 2.23. The van der Waals surface area contributed by atoms with Gasteiger partial charge in [0.2, 0.25) is 11.8 Å². The molecule has 1 heterocycles. The number of unbranched alkanes of at least 4 members (excludes halogenated alkanes) is 1. The number of amides is 2. The van der Waals surface area contributed by atoms with Crippen molar-refractivity contribution in [2.75, 3.05) is 31.5 Å². The van der Waals surface area contributed by atoms with E-state index in [9.17, 15) is 9.59 Å². The Hall–Kier alpha value is -2.40. The molecule has 3 rings (SSSR count). The summed E-state index contributed by atoms with van der Waals surface area (Å²) in [6.45, 7) is 4.83. The lowest BCUT2D eigenvalue weighted by Crippen LogP contribution is -2.43. The van der Waals surface area contributed by atoms with Crippen LogP contribution in [0.5, 0.6) is 0 Å². The minimum absolute atomic E-state index is 0.00259. The van der Waals surface area contributed by atoms with Gasteiger partial charge < -0.3 is 10.6 Å². The van der Waals surface area contributed by atoms with Gasteiger partial charge in [-0.1, -0.05) is 49.7 Å². The van der Waals surface area contributed by atoms with E-state index in [-0.39, 0.29) is 17.7 Å². The van der Waals surface area contributed by atoms with E-state index in [1.807, 2.05) is 42.5 Å². The van der Waals surface area contributed by atoms with Crippen molar-refractivity contribution in [2.45, 2.75) is 32.6 Å². The summed E-state index contributed by atoms with van der Waals surface area (Å²) in [7, 11) is 0. The van der Waals surface area contributed by atoms with Crippen LogP contribution in [0.1, 0.15) is 32.6 Å². The Labute approximate surface area is 161 Å². The number of nitrogens with zero attached hydrogens (tertiary/aromatic N) is 1. The summed E-state index contributed by atoms with van der Waals surface area (Å²) >= 11 is 0. The van der Waals surface area contributed by atoms with Crippen molar-refractivity contribution in [3.8, 4) is 0 Å². The predicted octanol–water partition coefficient (Wildman–Crippen LogP) is 3.41. The molecule has 0 radical (unpaired) electrons. The SMILES string of the molecule is CCCCNC(=O)C1CCN(CC(=O)Nc2cccc3ccccc23)CC1. The van der Waals surface area contributed by atoms with Gasteiger partial charge in [0.15, 0.2) is 0 Å². The lowest BCUT2D eigenvalue weighted by molar-refractivity contribution is -0.126. The average Bonchev–Trinajstić information content (AvgIpc) is 2.69. The molecular formula is C22H29N3O2. The molecule has 2 aromatic rings. The maximum Gasteiger partial charge on any atom is 0.238 e. The maximum absolute atomic E-state index is 12.5. The van der Waals surface area contributed by atoms with Crippen molar-refractivity contribution in [3.05, 3.63) is 42.5 Å². The van der Waals surface area contributed by atoms with Crippen molar-refractivity contribution in [1.29, 1.82) is 0 Å². The van der Waals surface area contributed by atoms with E-state index in [2.05, 4.69) is 22.5 Å². The van der Waals surface area contributed by atoms with E-state index >= 15 is 0 Å². The van der Waals surface area contributed by atoms with E-state index in [0.717, 1.165) is 61.8 Å². The molecule has 0 unspecified atom stereocenters. The number of rotatable bonds is 7. The summed E-state index contributed by atoms with van der Waals surface area (Å²) in [6.07, 6.45) is 3.75. The van der Waals surface area contributed by atoms with Gasteiger partial charge in [-0.3, -0.25) is 14.5 Å². The molecule has 5 heteroatoms. The second kappa shape index (κ2) is 9.51. The Balaban J connectivity index is 1.47. The number of fused-ring (bicyclic) bond motifs is 1. The minimum Gasteiger partial charge on any atom is -0.356 e. The number of nitrogens with one attached hydrogen (secondary N) is 2. The molecule has 0 saturated carbocycles. The first kappa shape index (κ1) is 19.4. The highest BCUT2D eigenvalue weighted by atomic mass is 16.2. The van der Waals surface area contributed by atoms with Crippen molar-refractivity contribution in [2.24, 2.45) is 5.92 Å². The minimum atomic E-state index is -0.00259. The van der Waals surface area contributed by atoms with Crippen LogP contribution >= 0.6 is 0 Å². The summed E-state index contributed by atoms with van der Waals surface area (Å²) in [5.41, 5.74) is 0.850. The van der Waals surface area contributed by atoms with E-state index in [0.29, 0.717) is 6.54 Å². The molecule has 0 atom stereocenters. The molecule has 5 nitrogen and oxygen atoms in total.